The maximum Gasteiger partial charge on any atom is 0.123 e. The average molecular weight is 207 g/mol. The molecular weight excluding hydrogens is 189 g/mol. The van der Waals surface area contributed by atoms with Crippen LogP contribution >= 0.6 is 0 Å². The minimum Gasteiger partial charge on any atom is -0.371 e. The molecule has 0 N–H and O–H groups in total. The summed E-state index contributed by atoms with van der Waals surface area (Å²) in [6.45, 7) is 9.00. The molecule has 0 aliphatic heterocycles. The second-order valence-corrected chi connectivity index (χ2v) is 3.65. The molecule has 0 amide bonds. The number of rotatable bonds is 5. The molecule has 0 spiro atoms. The number of benzene rings is 1. The molecule has 0 aliphatic rings. The summed E-state index contributed by atoms with van der Waals surface area (Å²) >= 11 is 0. The maximum atomic E-state index is 12.7. The van der Waals surface area contributed by atoms with Gasteiger partial charge in [0, 0.05) is 6.54 Å². The fraction of sp³-hybridized carbons (Fsp3) is 0.385. The van der Waals surface area contributed by atoms with Crippen molar-refractivity contribution in [3.05, 3.63) is 48.4 Å². The molecule has 0 saturated carbocycles. The molecule has 0 bridgehead atoms. The molecule has 1 atom stereocenters. The highest BCUT2D eigenvalue weighted by molar-refractivity contribution is 5.19. The van der Waals surface area contributed by atoms with E-state index in [1.165, 1.54) is 12.1 Å². The SMILES string of the molecule is C=CN(CCC)C(C)c1ccc(F)cc1. The lowest BCUT2D eigenvalue weighted by molar-refractivity contribution is 0.299. The quantitative estimate of drug-likeness (QED) is 0.711. The van der Waals surface area contributed by atoms with E-state index in [4.69, 9.17) is 0 Å². The minimum atomic E-state index is -0.188. The molecule has 0 aliphatic carbocycles. The molecule has 0 aromatic heterocycles. The van der Waals surface area contributed by atoms with Crippen molar-refractivity contribution in [3.8, 4) is 0 Å². The van der Waals surface area contributed by atoms with E-state index in [1.807, 2.05) is 18.3 Å². The van der Waals surface area contributed by atoms with Gasteiger partial charge in [-0.15, -0.1) is 0 Å². The molecule has 2 heteroatoms. The van der Waals surface area contributed by atoms with Gasteiger partial charge in [-0.3, -0.25) is 0 Å². The average Bonchev–Trinajstić information content (AvgIpc) is 2.26. The van der Waals surface area contributed by atoms with Gasteiger partial charge in [-0.2, -0.15) is 0 Å². The Morgan fingerprint density at radius 1 is 1.40 bits per heavy atom. The zero-order valence-electron chi connectivity index (χ0n) is 9.41. The molecule has 0 radical (unpaired) electrons. The lowest BCUT2D eigenvalue weighted by Gasteiger charge is -2.27. The van der Waals surface area contributed by atoms with Gasteiger partial charge in [0.15, 0.2) is 0 Å². The van der Waals surface area contributed by atoms with Crippen LogP contribution in [0.4, 0.5) is 4.39 Å². The van der Waals surface area contributed by atoms with Crippen LogP contribution in [0.25, 0.3) is 0 Å². The Morgan fingerprint density at radius 2 is 2.00 bits per heavy atom. The largest absolute Gasteiger partial charge is 0.371 e. The molecule has 1 unspecified atom stereocenters. The van der Waals surface area contributed by atoms with Crippen molar-refractivity contribution in [2.45, 2.75) is 26.3 Å². The van der Waals surface area contributed by atoms with E-state index in [-0.39, 0.29) is 11.9 Å². The summed E-state index contributed by atoms with van der Waals surface area (Å²) in [5, 5.41) is 0. The molecular formula is C13H18FN. The van der Waals surface area contributed by atoms with Crippen molar-refractivity contribution in [2.75, 3.05) is 6.54 Å². The van der Waals surface area contributed by atoms with Crippen molar-refractivity contribution in [2.24, 2.45) is 0 Å². The van der Waals surface area contributed by atoms with Gasteiger partial charge in [-0.25, -0.2) is 4.39 Å². The van der Waals surface area contributed by atoms with E-state index in [9.17, 15) is 4.39 Å². The first-order valence-corrected chi connectivity index (χ1v) is 5.32. The summed E-state index contributed by atoms with van der Waals surface area (Å²) in [5.74, 6) is -0.188. The van der Waals surface area contributed by atoms with Gasteiger partial charge in [0.25, 0.3) is 0 Å². The van der Waals surface area contributed by atoms with Crippen molar-refractivity contribution in [3.63, 3.8) is 0 Å². The highest BCUT2D eigenvalue weighted by atomic mass is 19.1. The van der Waals surface area contributed by atoms with Crippen LogP contribution in [0, 0.1) is 5.82 Å². The highest BCUT2D eigenvalue weighted by Crippen LogP contribution is 2.20. The van der Waals surface area contributed by atoms with Crippen LogP contribution in [0.1, 0.15) is 31.9 Å². The molecule has 1 nitrogen and oxygen atoms in total. The monoisotopic (exact) mass is 207 g/mol. The van der Waals surface area contributed by atoms with Crippen molar-refractivity contribution in [1.82, 2.24) is 4.90 Å². The standard InChI is InChI=1S/C13H18FN/c1-4-10-15(5-2)11(3)12-6-8-13(14)9-7-12/h5-9,11H,2,4,10H2,1,3H3. The van der Waals surface area contributed by atoms with Crippen LogP contribution < -0.4 is 0 Å². The van der Waals surface area contributed by atoms with Crippen molar-refractivity contribution in [1.29, 1.82) is 0 Å². The summed E-state index contributed by atoms with van der Waals surface area (Å²) in [6.07, 6.45) is 2.93. The predicted molar refractivity (Wildman–Crippen MR) is 62.0 cm³/mol. The van der Waals surface area contributed by atoms with Crippen LogP contribution in [0.3, 0.4) is 0 Å². The van der Waals surface area contributed by atoms with E-state index >= 15 is 0 Å². The summed E-state index contributed by atoms with van der Waals surface area (Å²) in [7, 11) is 0. The Balaban J connectivity index is 2.77. The normalized spacial score (nSPS) is 12.2. The van der Waals surface area contributed by atoms with Crippen molar-refractivity contribution >= 4 is 0 Å². The second-order valence-electron chi connectivity index (χ2n) is 3.65. The number of hydrogen-bond donors (Lipinski definition) is 0. The Bertz CT molecular complexity index is 305. The van der Waals surface area contributed by atoms with E-state index in [0.29, 0.717) is 0 Å². The van der Waals surface area contributed by atoms with Crippen LogP contribution in [-0.2, 0) is 0 Å². The maximum absolute atomic E-state index is 12.7. The summed E-state index contributed by atoms with van der Waals surface area (Å²) in [5.41, 5.74) is 1.12. The van der Waals surface area contributed by atoms with Gasteiger partial charge in [0.05, 0.1) is 6.04 Å². The molecule has 0 heterocycles. The molecule has 82 valence electrons. The highest BCUT2D eigenvalue weighted by Gasteiger charge is 2.10. The summed E-state index contributed by atoms with van der Waals surface area (Å²) in [6, 6.07) is 6.90. The second kappa shape index (κ2) is 5.54. The minimum absolute atomic E-state index is 0.188. The predicted octanol–water partition coefficient (Wildman–Crippen LogP) is 3.74. The Kier molecular flexibility index (Phi) is 4.35. The summed E-state index contributed by atoms with van der Waals surface area (Å²) < 4.78 is 12.7. The third kappa shape index (κ3) is 3.08. The number of halogens is 1. The molecule has 15 heavy (non-hydrogen) atoms. The van der Waals surface area contributed by atoms with Crippen LogP contribution in [-0.4, -0.2) is 11.4 Å². The van der Waals surface area contributed by atoms with Gasteiger partial charge in [-0.05, 0) is 37.2 Å². The lowest BCUT2D eigenvalue weighted by Crippen LogP contribution is -2.21. The van der Waals surface area contributed by atoms with Crippen LogP contribution in [0.5, 0.6) is 0 Å². The van der Waals surface area contributed by atoms with E-state index in [1.54, 1.807) is 0 Å². The first-order valence-electron chi connectivity index (χ1n) is 5.32. The zero-order chi connectivity index (χ0) is 11.3. The fourth-order valence-electron chi connectivity index (χ4n) is 1.63. The van der Waals surface area contributed by atoms with Crippen LogP contribution in [0.2, 0.25) is 0 Å². The first-order chi connectivity index (χ1) is 7.19. The Hall–Kier alpha value is -1.31. The van der Waals surface area contributed by atoms with E-state index in [0.717, 1.165) is 18.5 Å². The smallest absolute Gasteiger partial charge is 0.123 e. The fourth-order valence-corrected chi connectivity index (χ4v) is 1.63. The van der Waals surface area contributed by atoms with Gasteiger partial charge >= 0.3 is 0 Å². The Morgan fingerprint density at radius 3 is 2.47 bits per heavy atom. The molecule has 1 aromatic rings. The number of hydrogen-bond acceptors (Lipinski definition) is 1. The van der Waals surface area contributed by atoms with Gasteiger partial charge in [-0.1, -0.05) is 25.6 Å². The van der Waals surface area contributed by atoms with Gasteiger partial charge < -0.3 is 4.90 Å². The molecule has 1 rings (SSSR count). The third-order valence-corrected chi connectivity index (χ3v) is 2.57. The topological polar surface area (TPSA) is 3.24 Å². The number of nitrogens with zero attached hydrogens (tertiary/aromatic N) is 1. The van der Waals surface area contributed by atoms with Gasteiger partial charge in [0.2, 0.25) is 0 Å². The lowest BCUT2D eigenvalue weighted by atomic mass is 10.1. The Labute approximate surface area is 91.2 Å². The third-order valence-electron chi connectivity index (χ3n) is 2.57. The first kappa shape index (κ1) is 11.8. The summed E-state index contributed by atoms with van der Waals surface area (Å²) in [4.78, 5) is 2.16. The molecule has 0 saturated heterocycles. The van der Waals surface area contributed by atoms with E-state index < -0.39 is 0 Å². The van der Waals surface area contributed by atoms with Crippen LogP contribution in [0.15, 0.2) is 37.0 Å². The molecule has 1 aromatic carbocycles. The van der Waals surface area contributed by atoms with Crippen molar-refractivity contribution < 1.29 is 4.39 Å². The van der Waals surface area contributed by atoms with E-state index in [2.05, 4.69) is 25.3 Å². The zero-order valence-corrected chi connectivity index (χ0v) is 9.41. The van der Waals surface area contributed by atoms with Gasteiger partial charge in [0.1, 0.15) is 5.82 Å². The molecule has 0 fully saturated rings.